The lowest BCUT2D eigenvalue weighted by molar-refractivity contribution is -0.120. The number of nitrogens with zero attached hydrogens (tertiary/aromatic N) is 3. The van der Waals surface area contributed by atoms with Crippen molar-refractivity contribution in [2.45, 2.75) is 26.3 Å². The maximum Gasteiger partial charge on any atom is 0.221 e. The molecule has 1 aromatic heterocycles. The van der Waals surface area contributed by atoms with Crippen molar-refractivity contribution in [3.63, 3.8) is 0 Å². The van der Waals surface area contributed by atoms with Gasteiger partial charge in [0.1, 0.15) is 0 Å². The predicted octanol–water partition coefficient (Wildman–Crippen LogP) is -0.179. The van der Waals surface area contributed by atoms with Crippen molar-refractivity contribution in [2.24, 2.45) is 7.05 Å². The van der Waals surface area contributed by atoms with Crippen molar-refractivity contribution >= 4 is 5.91 Å². The molecule has 0 saturated carbocycles. The summed E-state index contributed by atoms with van der Waals surface area (Å²) in [7, 11) is 1.85. The molecule has 90 valence electrons. The fourth-order valence-electron chi connectivity index (χ4n) is 1.24. The topological polar surface area (TPSA) is 71.8 Å². The molecule has 0 unspecified atom stereocenters. The van der Waals surface area contributed by atoms with Crippen LogP contribution in [0.5, 0.6) is 0 Å². The largest absolute Gasteiger partial charge is 0.356 e. The summed E-state index contributed by atoms with van der Waals surface area (Å²) in [6.45, 7) is 4.14. The number of hydrogen-bond donors (Lipinski definition) is 2. The molecule has 0 aliphatic carbocycles. The van der Waals surface area contributed by atoms with Crippen LogP contribution in [0.15, 0.2) is 6.20 Å². The standard InChI is InChI=1S/C10H19N5O/c1-3-5-12-10(16)4-6-11-7-9-8-13-14-15(9)2/h8,11H,3-7H2,1-2H3,(H,12,16). The second-order valence-electron chi connectivity index (χ2n) is 3.63. The number of carbonyl (C=O) groups is 1. The molecule has 0 spiro atoms. The number of amides is 1. The van der Waals surface area contributed by atoms with E-state index in [-0.39, 0.29) is 5.91 Å². The van der Waals surface area contributed by atoms with Crippen molar-refractivity contribution in [3.8, 4) is 0 Å². The number of nitrogens with one attached hydrogen (secondary N) is 2. The van der Waals surface area contributed by atoms with E-state index < -0.39 is 0 Å². The van der Waals surface area contributed by atoms with Crippen molar-refractivity contribution < 1.29 is 4.79 Å². The fraction of sp³-hybridized carbons (Fsp3) is 0.700. The first-order chi connectivity index (χ1) is 7.74. The molecule has 16 heavy (non-hydrogen) atoms. The van der Waals surface area contributed by atoms with Gasteiger partial charge in [0.05, 0.1) is 11.9 Å². The SMILES string of the molecule is CCCNC(=O)CCNCc1cnnn1C. The second kappa shape index (κ2) is 6.95. The highest BCUT2D eigenvalue weighted by Gasteiger charge is 2.01. The van der Waals surface area contributed by atoms with E-state index in [0.29, 0.717) is 19.5 Å². The highest BCUT2D eigenvalue weighted by atomic mass is 16.1. The van der Waals surface area contributed by atoms with Gasteiger partial charge in [-0.15, -0.1) is 5.10 Å². The number of aromatic nitrogens is 3. The summed E-state index contributed by atoms with van der Waals surface area (Å²) in [6, 6.07) is 0. The molecule has 0 aliphatic rings. The maximum absolute atomic E-state index is 11.2. The third kappa shape index (κ3) is 4.39. The average molecular weight is 225 g/mol. The van der Waals surface area contributed by atoms with E-state index in [0.717, 1.165) is 18.7 Å². The summed E-state index contributed by atoms with van der Waals surface area (Å²) in [5.41, 5.74) is 1.01. The molecule has 0 radical (unpaired) electrons. The molecule has 0 bridgehead atoms. The van der Waals surface area contributed by atoms with Crippen LogP contribution < -0.4 is 10.6 Å². The zero-order chi connectivity index (χ0) is 11.8. The lowest BCUT2D eigenvalue weighted by atomic mass is 10.3. The van der Waals surface area contributed by atoms with Crippen LogP contribution in [0, 0.1) is 0 Å². The molecular weight excluding hydrogens is 206 g/mol. The molecule has 1 aromatic rings. The minimum Gasteiger partial charge on any atom is -0.356 e. The molecule has 2 N–H and O–H groups in total. The summed E-state index contributed by atoms with van der Waals surface area (Å²) in [6.07, 6.45) is 3.19. The van der Waals surface area contributed by atoms with Gasteiger partial charge in [-0.2, -0.15) is 0 Å². The Morgan fingerprint density at radius 1 is 1.50 bits per heavy atom. The number of carbonyl (C=O) groups excluding carboxylic acids is 1. The first-order valence-electron chi connectivity index (χ1n) is 5.55. The molecule has 1 heterocycles. The molecule has 0 atom stereocenters. The number of hydrogen-bond acceptors (Lipinski definition) is 4. The van der Waals surface area contributed by atoms with E-state index >= 15 is 0 Å². The number of aryl methyl sites for hydroxylation is 1. The molecule has 0 fully saturated rings. The highest BCUT2D eigenvalue weighted by Crippen LogP contribution is 1.91. The van der Waals surface area contributed by atoms with Gasteiger partial charge >= 0.3 is 0 Å². The lowest BCUT2D eigenvalue weighted by Crippen LogP contribution is -2.28. The minimum absolute atomic E-state index is 0.0949. The van der Waals surface area contributed by atoms with E-state index in [1.807, 2.05) is 14.0 Å². The third-order valence-corrected chi connectivity index (χ3v) is 2.22. The van der Waals surface area contributed by atoms with Crippen LogP contribution in [-0.2, 0) is 18.4 Å². The summed E-state index contributed by atoms with van der Waals surface area (Å²) >= 11 is 0. The first kappa shape index (κ1) is 12.6. The smallest absolute Gasteiger partial charge is 0.221 e. The van der Waals surface area contributed by atoms with Gasteiger partial charge in [0.2, 0.25) is 5.91 Å². The Labute approximate surface area is 95.4 Å². The van der Waals surface area contributed by atoms with Crippen LogP contribution in [0.3, 0.4) is 0 Å². The monoisotopic (exact) mass is 225 g/mol. The van der Waals surface area contributed by atoms with Gasteiger partial charge in [-0.3, -0.25) is 9.48 Å². The molecule has 0 aliphatic heterocycles. The molecule has 1 rings (SSSR count). The Kier molecular flexibility index (Phi) is 5.49. The van der Waals surface area contributed by atoms with Crippen molar-refractivity contribution in [3.05, 3.63) is 11.9 Å². The molecule has 6 nitrogen and oxygen atoms in total. The van der Waals surface area contributed by atoms with E-state index in [1.165, 1.54) is 0 Å². The molecule has 0 aromatic carbocycles. The predicted molar refractivity (Wildman–Crippen MR) is 60.6 cm³/mol. The van der Waals surface area contributed by atoms with Crippen LogP contribution in [0.1, 0.15) is 25.5 Å². The van der Waals surface area contributed by atoms with Crippen molar-refractivity contribution in [1.82, 2.24) is 25.6 Å². The minimum atomic E-state index is 0.0949. The lowest BCUT2D eigenvalue weighted by Gasteiger charge is -2.05. The maximum atomic E-state index is 11.2. The van der Waals surface area contributed by atoms with E-state index in [1.54, 1.807) is 10.9 Å². The normalized spacial score (nSPS) is 10.4. The Bertz CT molecular complexity index is 323. The van der Waals surface area contributed by atoms with E-state index in [2.05, 4.69) is 20.9 Å². The Morgan fingerprint density at radius 2 is 2.31 bits per heavy atom. The highest BCUT2D eigenvalue weighted by molar-refractivity contribution is 5.75. The van der Waals surface area contributed by atoms with Gasteiger partial charge in [0, 0.05) is 33.1 Å². The van der Waals surface area contributed by atoms with Gasteiger partial charge in [-0.1, -0.05) is 12.1 Å². The van der Waals surface area contributed by atoms with E-state index in [4.69, 9.17) is 0 Å². The average Bonchev–Trinajstić information content (AvgIpc) is 2.67. The zero-order valence-electron chi connectivity index (χ0n) is 9.86. The second-order valence-corrected chi connectivity index (χ2v) is 3.63. The molecule has 1 amide bonds. The van der Waals surface area contributed by atoms with Gasteiger partial charge in [-0.05, 0) is 6.42 Å². The summed E-state index contributed by atoms with van der Waals surface area (Å²) in [5, 5.41) is 13.6. The first-order valence-corrected chi connectivity index (χ1v) is 5.55. The van der Waals surface area contributed by atoms with Gasteiger partial charge in [0.25, 0.3) is 0 Å². The van der Waals surface area contributed by atoms with Gasteiger partial charge < -0.3 is 10.6 Å². The van der Waals surface area contributed by atoms with Crippen LogP contribution >= 0.6 is 0 Å². The van der Waals surface area contributed by atoms with Gasteiger partial charge in [0.15, 0.2) is 0 Å². The quantitative estimate of drug-likeness (QED) is 0.632. The fourth-order valence-corrected chi connectivity index (χ4v) is 1.24. The third-order valence-electron chi connectivity index (χ3n) is 2.22. The summed E-state index contributed by atoms with van der Waals surface area (Å²) in [5.74, 6) is 0.0949. The zero-order valence-corrected chi connectivity index (χ0v) is 9.86. The van der Waals surface area contributed by atoms with Gasteiger partial charge in [-0.25, -0.2) is 0 Å². The number of rotatable bonds is 7. The Balaban J connectivity index is 2.08. The molecule has 6 heteroatoms. The van der Waals surface area contributed by atoms with Crippen LogP contribution in [0.4, 0.5) is 0 Å². The van der Waals surface area contributed by atoms with Crippen LogP contribution in [-0.4, -0.2) is 34.0 Å². The molecular formula is C10H19N5O. The Hall–Kier alpha value is -1.43. The summed E-state index contributed by atoms with van der Waals surface area (Å²) in [4.78, 5) is 11.2. The van der Waals surface area contributed by atoms with Crippen molar-refractivity contribution in [2.75, 3.05) is 13.1 Å². The van der Waals surface area contributed by atoms with Crippen LogP contribution in [0.2, 0.25) is 0 Å². The summed E-state index contributed by atoms with van der Waals surface area (Å²) < 4.78 is 1.71. The van der Waals surface area contributed by atoms with Crippen LogP contribution in [0.25, 0.3) is 0 Å². The Morgan fingerprint density at radius 3 is 2.94 bits per heavy atom. The molecule has 0 saturated heterocycles. The van der Waals surface area contributed by atoms with Crippen molar-refractivity contribution in [1.29, 1.82) is 0 Å². The van der Waals surface area contributed by atoms with E-state index in [9.17, 15) is 4.79 Å².